The van der Waals surface area contributed by atoms with E-state index in [2.05, 4.69) is 53.9 Å². The fourth-order valence-corrected chi connectivity index (χ4v) is 5.44. The van der Waals surface area contributed by atoms with Crippen molar-refractivity contribution in [1.29, 1.82) is 0 Å². The molecular formula is C27H33FN4. The van der Waals surface area contributed by atoms with E-state index < -0.39 is 6.67 Å². The van der Waals surface area contributed by atoms with Crippen LogP contribution in [0.2, 0.25) is 0 Å². The van der Waals surface area contributed by atoms with Gasteiger partial charge in [-0.2, -0.15) is 0 Å². The Morgan fingerprint density at radius 2 is 2.19 bits per heavy atom. The summed E-state index contributed by atoms with van der Waals surface area (Å²) in [4.78, 5) is 11.9. The Labute approximate surface area is 190 Å². The van der Waals surface area contributed by atoms with E-state index in [-0.39, 0.29) is 0 Å². The Kier molecular flexibility index (Phi) is 5.62. The second kappa shape index (κ2) is 8.43. The third kappa shape index (κ3) is 3.88. The number of piperidine rings is 1. The largest absolute Gasteiger partial charge is 0.371 e. The summed E-state index contributed by atoms with van der Waals surface area (Å²) in [5, 5.41) is 3.43. The number of likely N-dealkylation sites (tertiary alicyclic amines) is 1. The highest BCUT2D eigenvalue weighted by Gasteiger charge is 2.41. The molecule has 0 unspecified atom stereocenters. The summed E-state index contributed by atoms with van der Waals surface area (Å²) >= 11 is 0. The smallest absolute Gasteiger partial charge is 0.115 e. The second-order valence-corrected chi connectivity index (χ2v) is 9.82. The van der Waals surface area contributed by atoms with Gasteiger partial charge in [0.05, 0.1) is 5.69 Å². The summed E-state index contributed by atoms with van der Waals surface area (Å²) in [5.74, 6) is 0. The fourth-order valence-electron chi connectivity index (χ4n) is 5.44. The monoisotopic (exact) mass is 432 g/mol. The Morgan fingerprint density at radius 1 is 1.34 bits per heavy atom. The van der Waals surface area contributed by atoms with Crippen LogP contribution in [0.5, 0.6) is 0 Å². The standard InChI is InChI=1S/C27H33FN4/c1-18(10-21-6-4-8-30-19(21)2)25-13-24-23(14-28)11-22(12-26(24)31-25)20(3)32-9-5-7-27(17-32)15-29-16-27/h6,10-12,29H,3-5,7-9,13-17H2,1-2H3/b18-10+. The zero-order valence-corrected chi connectivity index (χ0v) is 19.3. The molecule has 1 spiro atoms. The molecule has 2 saturated heterocycles. The second-order valence-electron chi connectivity index (χ2n) is 9.82. The predicted molar refractivity (Wildman–Crippen MR) is 132 cm³/mol. The van der Waals surface area contributed by atoms with Crippen LogP contribution in [-0.2, 0) is 13.1 Å². The van der Waals surface area contributed by atoms with E-state index in [1.807, 2.05) is 6.07 Å². The van der Waals surface area contributed by atoms with Crippen LogP contribution >= 0.6 is 0 Å². The van der Waals surface area contributed by atoms with E-state index in [0.29, 0.717) is 11.8 Å². The zero-order valence-electron chi connectivity index (χ0n) is 19.3. The van der Waals surface area contributed by atoms with Gasteiger partial charge in [0.1, 0.15) is 6.67 Å². The Balaban J connectivity index is 1.40. The normalized spacial score (nSPS) is 22.2. The number of halogens is 1. The number of nitrogens with zero attached hydrogens (tertiary/aromatic N) is 3. The van der Waals surface area contributed by atoms with E-state index in [4.69, 9.17) is 4.99 Å². The van der Waals surface area contributed by atoms with Gasteiger partial charge in [0, 0.05) is 61.7 Å². The number of hydrogen-bond donors (Lipinski definition) is 1. The van der Waals surface area contributed by atoms with E-state index >= 15 is 0 Å². The third-order valence-corrected chi connectivity index (χ3v) is 7.53. The van der Waals surface area contributed by atoms with Gasteiger partial charge in [-0.05, 0) is 79.2 Å². The summed E-state index contributed by atoms with van der Waals surface area (Å²) in [6.07, 6.45) is 8.56. The van der Waals surface area contributed by atoms with Crippen LogP contribution in [0.25, 0.3) is 5.70 Å². The predicted octanol–water partition coefficient (Wildman–Crippen LogP) is 5.18. The molecule has 0 aliphatic carbocycles. The number of hydrogen-bond acceptors (Lipinski definition) is 4. The van der Waals surface area contributed by atoms with Gasteiger partial charge in [-0.3, -0.25) is 9.98 Å². The minimum absolute atomic E-state index is 0.392. The van der Waals surface area contributed by atoms with E-state index in [0.717, 1.165) is 84.2 Å². The lowest BCUT2D eigenvalue weighted by molar-refractivity contribution is 0.0714. The van der Waals surface area contributed by atoms with Crippen LogP contribution in [0.1, 0.15) is 49.8 Å². The van der Waals surface area contributed by atoms with Crippen molar-refractivity contribution in [2.75, 3.05) is 32.7 Å². The van der Waals surface area contributed by atoms with Crippen LogP contribution in [0.3, 0.4) is 0 Å². The molecule has 4 nitrogen and oxygen atoms in total. The van der Waals surface area contributed by atoms with Gasteiger partial charge >= 0.3 is 0 Å². The molecule has 0 atom stereocenters. The molecule has 1 N–H and O–H groups in total. The molecule has 32 heavy (non-hydrogen) atoms. The maximum atomic E-state index is 14.1. The van der Waals surface area contributed by atoms with E-state index in [1.54, 1.807) is 0 Å². The van der Waals surface area contributed by atoms with Gasteiger partial charge in [-0.15, -0.1) is 0 Å². The van der Waals surface area contributed by atoms with Crippen LogP contribution < -0.4 is 5.32 Å². The summed E-state index contributed by atoms with van der Waals surface area (Å²) < 4.78 is 14.1. The van der Waals surface area contributed by atoms with Crippen molar-refractivity contribution in [3.05, 3.63) is 58.7 Å². The number of dihydropyridines is 1. The van der Waals surface area contributed by atoms with Gasteiger partial charge in [0.25, 0.3) is 0 Å². The number of alkyl halides is 1. The SMILES string of the molecule is C=C(c1cc(CF)c2c(c1)N=C(/C(C)=C/C1=CCCN=C1C)C2)N1CCCC2(CNC2)C1. The first-order chi connectivity index (χ1) is 15.5. The molecule has 0 bridgehead atoms. The lowest BCUT2D eigenvalue weighted by atomic mass is 9.74. The van der Waals surface area contributed by atoms with E-state index in [1.165, 1.54) is 18.4 Å². The van der Waals surface area contributed by atoms with Crippen LogP contribution in [0.4, 0.5) is 10.1 Å². The minimum atomic E-state index is -0.472. The average molecular weight is 433 g/mol. The first-order valence-corrected chi connectivity index (χ1v) is 11.8. The van der Waals surface area contributed by atoms with Gasteiger partial charge in [0.2, 0.25) is 0 Å². The first-order valence-electron chi connectivity index (χ1n) is 11.8. The lowest BCUT2D eigenvalue weighted by Gasteiger charge is -2.50. The van der Waals surface area contributed by atoms with Crippen molar-refractivity contribution in [3.8, 4) is 0 Å². The van der Waals surface area contributed by atoms with Gasteiger partial charge in [0.15, 0.2) is 0 Å². The average Bonchev–Trinajstić information content (AvgIpc) is 3.23. The molecule has 4 aliphatic rings. The zero-order chi connectivity index (χ0) is 22.3. The molecule has 168 valence electrons. The van der Waals surface area contributed by atoms with Crippen molar-refractivity contribution in [1.82, 2.24) is 10.2 Å². The molecule has 2 fully saturated rings. The maximum absolute atomic E-state index is 14.1. The Bertz CT molecular complexity index is 1070. The highest BCUT2D eigenvalue weighted by atomic mass is 19.1. The Hall–Kier alpha value is -2.53. The molecule has 1 aromatic rings. The highest BCUT2D eigenvalue weighted by molar-refractivity contribution is 6.09. The number of aliphatic imine (C=N–C) groups is 2. The van der Waals surface area contributed by atoms with Crippen LogP contribution in [0.15, 0.2) is 52.0 Å². The van der Waals surface area contributed by atoms with Crippen molar-refractivity contribution >= 4 is 22.8 Å². The number of benzene rings is 1. The number of rotatable bonds is 5. The molecular weight excluding hydrogens is 399 g/mol. The molecule has 0 aromatic heterocycles. The molecule has 1 aromatic carbocycles. The molecule has 5 heteroatoms. The van der Waals surface area contributed by atoms with E-state index in [9.17, 15) is 4.39 Å². The maximum Gasteiger partial charge on any atom is 0.115 e. The third-order valence-electron chi connectivity index (χ3n) is 7.53. The highest BCUT2D eigenvalue weighted by Crippen LogP contribution is 2.39. The molecule has 0 radical (unpaired) electrons. The minimum Gasteiger partial charge on any atom is -0.371 e. The summed E-state index contributed by atoms with van der Waals surface area (Å²) in [6.45, 7) is 13.2. The summed E-state index contributed by atoms with van der Waals surface area (Å²) in [5.41, 5.74) is 9.48. The fraction of sp³-hybridized carbons (Fsp3) is 0.481. The lowest BCUT2D eigenvalue weighted by Crippen LogP contribution is -2.60. The van der Waals surface area contributed by atoms with Gasteiger partial charge < -0.3 is 10.2 Å². The van der Waals surface area contributed by atoms with Crippen molar-refractivity contribution in [3.63, 3.8) is 0 Å². The molecule has 0 amide bonds. The molecule has 0 saturated carbocycles. The number of fused-ring (bicyclic) bond motifs is 1. The van der Waals surface area contributed by atoms with Crippen molar-refractivity contribution < 1.29 is 4.39 Å². The summed E-state index contributed by atoms with van der Waals surface area (Å²) in [6, 6.07) is 4.11. The van der Waals surface area contributed by atoms with Gasteiger partial charge in [-0.25, -0.2) is 4.39 Å². The quantitative estimate of drug-likeness (QED) is 0.697. The Morgan fingerprint density at radius 3 is 2.91 bits per heavy atom. The molecule has 4 heterocycles. The van der Waals surface area contributed by atoms with Crippen molar-refractivity contribution in [2.24, 2.45) is 15.4 Å². The topological polar surface area (TPSA) is 40.0 Å². The van der Waals surface area contributed by atoms with Crippen molar-refractivity contribution in [2.45, 2.75) is 46.2 Å². The van der Waals surface area contributed by atoms with Crippen LogP contribution in [-0.4, -0.2) is 49.0 Å². The number of nitrogens with one attached hydrogen (secondary N) is 1. The first kappa shape index (κ1) is 21.3. The summed E-state index contributed by atoms with van der Waals surface area (Å²) in [7, 11) is 0. The van der Waals surface area contributed by atoms with Gasteiger partial charge in [-0.1, -0.05) is 12.7 Å². The van der Waals surface area contributed by atoms with Crippen LogP contribution in [0, 0.1) is 5.41 Å². The molecule has 4 aliphatic heterocycles. The molecule has 5 rings (SSSR count). The number of allylic oxidation sites excluding steroid dienone is 3.